The molecule has 5 rings (SSSR count). The van der Waals surface area contributed by atoms with Crippen molar-refractivity contribution in [3.63, 3.8) is 0 Å². The number of aromatic hydroxyl groups is 1. The number of phenols is 1. The molecule has 8 nitrogen and oxygen atoms in total. The van der Waals surface area contributed by atoms with Crippen LogP contribution in [0.25, 0.3) is 0 Å². The van der Waals surface area contributed by atoms with Crippen molar-refractivity contribution in [1.82, 2.24) is 4.90 Å². The summed E-state index contributed by atoms with van der Waals surface area (Å²) in [6.45, 7) is 1.63. The van der Waals surface area contributed by atoms with E-state index in [9.17, 15) is 29.1 Å². The average Bonchev–Trinajstić information content (AvgIpc) is 3.06. The third-order valence-electron chi connectivity index (χ3n) is 7.68. The fraction of sp³-hybridized carbons (Fsp3) is 0.370. The molecule has 4 atom stereocenters. The monoisotopic (exact) mass is 475 g/mol. The van der Waals surface area contributed by atoms with E-state index in [4.69, 9.17) is 5.11 Å². The number of hydrogen-bond donors (Lipinski definition) is 2. The van der Waals surface area contributed by atoms with Crippen LogP contribution in [0.2, 0.25) is 0 Å². The highest BCUT2D eigenvalue weighted by Gasteiger charge is 2.56. The Morgan fingerprint density at radius 3 is 2.54 bits per heavy atom. The number of carbonyl (C=O) groups excluding carboxylic acids is 4. The number of likely N-dealkylation sites (tertiary alicyclic amines) is 1. The summed E-state index contributed by atoms with van der Waals surface area (Å²) >= 11 is 0. The van der Waals surface area contributed by atoms with Gasteiger partial charge in [-0.2, -0.15) is 0 Å². The van der Waals surface area contributed by atoms with Crippen molar-refractivity contribution in [1.29, 1.82) is 0 Å². The molecule has 1 saturated heterocycles. The summed E-state index contributed by atoms with van der Waals surface area (Å²) in [7, 11) is 0. The molecule has 2 amide bonds. The fourth-order valence-electron chi connectivity index (χ4n) is 6.12. The van der Waals surface area contributed by atoms with Crippen LogP contribution >= 0.6 is 0 Å². The highest BCUT2D eigenvalue weighted by Crippen LogP contribution is 2.56. The number of rotatable bonds is 5. The number of ketones is 2. The summed E-state index contributed by atoms with van der Waals surface area (Å²) < 4.78 is 0. The van der Waals surface area contributed by atoms with E-state index in [0.717, 1.165) is 10.5 Å². The standard InChI is InChI=1S/C27H25NO7/c1-13-11-20(30)18-12-17-14(22(24(18)25(13)33)15-5-2-3-6-19(15)29)8-9-16-23(17)27(35)28(26(16)34)10-4-7-21(31)32/h2-3,5-6,8,11,16-17,22-23,29H,4,7,9-10,12H2,1H3,(H,31,32). The number of para-hydroxylation sites is 1. The van der Waals surface area contributed by atoms with Crippen molar-refractivity contribution in [3.8, 4) is 5.75 Å². The van der Waals surface area contributed by atoms with Gasteiger partial charge in [0, 0.05) is 41.2 Å². The Hall–Kier alpha value is -3.81. The van der Waals surface area contributed by atoms with E-state index >= 15 is 0 Å². The van der Waals surface area contributed by atoms with Gasteiger partial charge < -0.3 is 10.2 Å². The number of hydrogen-bond acceptors (Lipinski definition) is 6. The highest BCUT2D eigenvalue weighted by atomic mass is 16.4. The zero-order valence-corrected chi connectivity index (χ0v) is 19.2. The Morgan fingerprint density at radius 1 is 1.09 bits per heavy atom. The molecule has 1 aromatic carbocycles. The Labute approximate surface area is 201 Å². The predicted octanol–water partition coefficient (Wildman–Crippen LogP) is 2.69. The molecule has 2 N–H and O–H groups in total. The van der Waals surface area contributed by atoms with Gasteiger partial charge in [-0.1, -0.05) is 29.8 Å². The molecule has 0 spiro atoms. The van der Waals surface area contributed by atoms with Gasteiger partial charge in [-0.05, 0) is 44.2 Å². The lowest BCUT2D eigenvalue weighted by atomic mass is 9.59. The van der Waals surface area contributed by atoms with E-state index in [1.165, 1.54) is 12.1 Å². The van der Waals surface area contributed by atoms with Crippen LogP contribution in [-0.2, 0) is 24.0 Å². The maximum Gasteiger partial charge on any atom is 0.303 e. The molecule has 35 heavy (non-hydrogen) atoms. The largest absolute Gasteiger partial charge is 0.508 e. The Bertz CT molecular complexity index is 1280. The van der Waals surface area contributed by atoms with Gasteiger partial charge in [0.15, 0.2) is 11.6 Å². The second-order valence-electron chi connectivity index (χ2n) is 9.61. The van der Waals surface area contributed by atoms with E-state index < -0.39 is 29.6 Å². The molecule has 8 heteroatoms. The fourth-order valence-corrected chi connectivity index (χ4v) is 6.12. The number of carboxylic acids is 1. The number of aliphatic carboxylic acids is 1. The van der Waals surface area contributed by atoms with Crippen LogP contribution in [0.3, 0.4) is 0 Å². The van der Waals surface area contributed by atoms with E-state index in [1.807, 2.05) is 6.08 Å². The van der Waals surface area contributed by atoms with Crippen molar-refractivity contribution in [2.24, 2.45) is 17.8 Å². The molecule has 180 valence electrons. The lowest BCUT2D eigenvalue weighted by molar-refractivity contribution is -0.142. The number of imide groups is 1. The minimum Gasteiger partial charge on any atom is -0.508 e. The van der Waals surface area contributed by atoms with E-state index in [0.29, 0.717) is 28.7 Å². The SMILES string of the molecule is CC1=CC(=O)C2=C(C1=O)C(c1ccccc1O)C1=CCC3C(=O)N(CCCC(=O)O)C(=O)C3C1C2. The molecule has 4 aliphatic rings. The number of phenolic OH excluding ortho intramolecular Hbond substituents is 1. The smallest absolute Gasteiger partial charge is 0.303 e. The summed E-state index contributed by atoms with van der Waals surface area (Å²) in [6, 6.07) is 6.66. The van der Waals surface area contributed by atoms with Crippen molar-refractivity contribution >= 4 is 29.4 Å². The van der Waals surface area contributed by atoms with Gasteiger partial charge >= 0.3 is 5.97 Å². The molecule has 1 heterocycles. The van der Waals surface area contributed by atoms with Gasteiger partial charge in [-0.3, -0.25) is 28.9 Å². The van der Waals surface area contributed by atoms with Crippen LogP contribution in [-0.4, -0.2) is 51.0 Å². The number of fused-ring (bicyclic) bond motifs is 3. The van der Waals surface area contributed by atoms with Crippen molar-refractivity contribution in [3.05, 3.63) is 64.3 Å². The average molecular weight is 475 g/mol. The summed E-state index contributed by atoms with van der Waals surface area (Å²) in [4.78, 5) is 64.9. The number of Topliss-reactive ketones (excluding diaryl/α,β-unsaturated/α-hetero) is 1. The molecule has 0 saturated carbocycles. The number of benzene rings is 1. The molecular formula is C27H25NO7. The van der Waals surface area contributed by atoms with Crippen molar-refractivity contribution < 1.29 is 34.2 Å². The number of carboxylic acid groups (broad SMARTS) is 1. The Balaban J connectivity index is 1.58. The van der Waals surface area contributed by atoms with Crippen molar-refractivity contribution in [2.75, 3.05) is 6.54 Å². The van der Waals surface area contributed by atoms with Gasteiger partial charge in [0.25, 0.3) is 0 Å². The number of allylic oxidation sites excluding steroid dienone is 6. The van der Waals surface area contributed by atoms with Crippen LogP contribution in [0.15, 0.2) is 58.7 Å². The summed E-state index contributed by atoms with van der Waals surface area (Å²) in [5, 5.41) is 19.6. The van der Waals surface area contributed by atoms with E-state index in [-0.39, 0.29) is 54.9 Å². The van der Waals surface area contributed by atoms with E-state index in [2.05, 4.69) is 0 Å². The lowest BCUT2D eigenvalue weighted by Crippen LogP contribution is -2.40. The minimum absolute atomic E-state index is 0.00963. The topological polar surface area (TPSA) is 129 Å². The van der Waals surface area contributed by atoms with Gasteiger partial charge in [0.2, 0.25) is 11.8 Å². The number of nitrogens with zero attached hydrogens (tertiary/aromatic N) is 1. The molecule has 0 aromatic heterocycles. The zero-order chi connectivity index (χ0) is 25.0. The normalized spacial score (nSPS) is 27.9. The Kier molecular flexibility index (Phi) is 5.54. The van der Waals surface area contributed by atoms with Crippen LogP contribution in [0.1, 0.15) is 44.1 Å². The summed E-state index contributed by atoms with van der Waals surface area (Å²) in [5.41, 5.74) is 2.27. The summed E-state index contributed by atoms with van der Waals surface area (Å²) in [6.07, 6.45) is 3.71. The van der Waals surface area contributed by atoms with Gasteiger partial charge in [-0.25, -0.2) is 0 Å². The second-order valence-corrected chi connectivity index (χ2v) is 9.61. The van der Waals surface area contributed by atoms with Crippen molar-refractivity contribution in [2.45, 2.75) is 38.5 Å². The highest BCUT2D eigenvalue weighted by molar-refractivity contribution is 6.23. The zero-order valence-electron chi connectivity index (χ0n) is 19.2. The molecule has 0 bridgehead atoms. The van der Waals surface area contributed by atoms with Gasteiger partial charge in [-0.15, -0.1) is 0 Å². The first-order chi connectivity index (χ1) is 16.7. The van der Waals surface area contributed by atoms with Crippen LogP contribution in [0, 0.1) is 17.8 Å². The molecule has 4 unspecified atom stereocenters. The number of amides is 2. The van der Waals surface area contributed by atoms with Crippen LogP contribution in [0.5, 0.6) is 5.75 Å². The van der Waals surface area contributed by atoms with E-state index in [1.54, 1.807) is 25.1 Å². The molecule has 1 aromatic rings. The molecule has 1 fully saturated rings. The van der Waals surface area contributed by atoms with Crippen LogP contribution < -0.4 is 0 Å². The van der Waals surface area contributed by atoms with Gasteiger partial charge in [0.05, 0.1) is 11.8 Å². The molecule has 3 aliphatic carbocycles. The van der Waals surface area contributed by atoms with Gasteiger partial charge in [0.1, 0.15) is 5.75 Å². The molecular weight excluding hydrogens is 450 g/mol. The summed E-state index contributed by atoms with van der Waals surface area (Å²) in [5.74, 6) is -4.65. The third-order valence-corrected chi connectivity index (χ3v) is 7.68. The third kappa shape index (κ3) is 3.55. The number of carbonyl (C=O) groups is 5. The quantitative estimate of drug-likeness (QED) is 0.381. The maximum absolute atomic E-state index is 13.5. The maximum atomic E-state index is 13.5. The first kappa shape index (κ1) is 23.0. The van der Waals surface area contributed by atoms with Crippen LogP contribution in [0.4, 0.5) is 0 Å². The molecule has 0 radical (unpaired) electrons. The minimum atomic E-state index is -0.994. The second kappa shape index (κ2) is 8.45. The predicted molar refractivity (Wildman–Crippen MR) is 123 cm³/mol. The first-order valence-corrected chi connectivity index (χ1v) is 11.8. The lowest BCUT2D eigenvalue weighted by Gasteiger charge is -2.42. The Morgan fingerprint density at radius 2 is 1.83 bits per heavy atom. The molecule has 1 aliphatic heterocycles. The first-order valence-electron chi connectivity index (χ1n) is 11.8.